The van der Waals surface area contributed by atoms with Crippen molar-refractivity contribution in [3.8, 4) is 29.3 Å². The number of anilines is 2. The van der Waals surface area contributed by atoms with Gasteiger partial charge in [0.2, 0.25) is 5.92 Å². The van der Waals surface area contributed by atoms with E-state index in [1.165, 1.54) is 12.1 Å². The Morgan fingerprint density at radius 2 is 1.82 bits per heavy atom. The Bertz CT molecular complexity index is 2070. The maximum absolute atomic E-state index is 17.1. The van der Waals surface area contributed by atoms with Crippen LogP contribution in [0.4, 0.5) is 32.8 Å². The van der Waals surface area contributed by atoms with Crippen LogP contribution in [0.3, 0.4) is 0 Å². The lowest BCUT2D eigenvalue weighted by Crippen LogP contribution is -2.55. The van der Waals surface area contributed by atoms with E-state index in [2.05, 4.69) is 16.4 Å². The van der Waals surface area contributed by atoms with Gasteiger partial charge in [-0.15, -0.1) is 11.3 Å². The number of hydrogen-bond acceptors (Lipinski definition) is 10. The molecule has 8 rings (SSSR count). The Hall–Kier alpha value is -4.31. The molecule has 9 nitrogen and oxygen atoms in total. The van der Waals surface area contributed by atoms with Crippen LogP contribution in [-0.4, -0.2) is 78.4 Å². The van der Waals surface area contributed by atoms with Gasteiger partial charge in [-0.25, -0.2) is 22.0 Å². The minimum absolute atomic E-state index is 0.0266. The molecule has 254 valence electrons. The van der Waals surface area contributed by atoms with Crippen LogP contribution in [0.2, 0.25) is 0 Å². The van der Waals surface area contributed by atoms with E-state index in [9.17, 15) is 28.1 Å². The second-order valence-corrected chi connectivity index (χ2v) is 14.9. The van der Waals surface area contributed by atoms with E-state index in [1.807, 2.05) is 15.9 Å². The van der Waals surface area contributed by atoms with Crippen LogP contribution >= 0.6 is 11.3 Å². The summed E-state index contributed by atoms with van der Waals surface area (Å²) in [6, 6.07) is 8.11. The van der Waals surface area contributed by atoms with Gasteiger partial charge in [-0.1, -0.05) is 6.07 Å². The SMILES string of the molecule is N#Cc1cc2c(N3CC4CCC(C3)N4)nc(OCC3(CN4CC[C@@H](F)C4)CC(F)(F)C3)nc2c(F)c1-c1ccc(F)c2sc(N)c(C#N)c12. The molecule has 0 amide bonds. The largest absolute Gasteiger partial charge is 0.463 e. The number of piperazine rings is 1. The Morgan fingerprint density at radius 3 is 2.47 bits per heavy atom. The van der Waals surface area contributed by atoms with E-state index in [1.54, 1.807) is 0 Å². The molecule has 0 spiro atoms. The fraction of sp³-hybridized carbons (Fsp3) is 0.471. The van der Waals surface area contributed by atoms with E-state index in [0.29, 0.717) is 31.9 Å². The fourth-order valence-corrected chi connectivity index (χ4v) is 9.20. The van der Waals surface area contributed by atoms with Gasteiger partial charge >= 0.3 is 6.01 Å². The van der Waals surface area contributed by atoms with Crippen molar-refractivity contribution in [1.82, 2.24) is 20.2 Å². The Morgan fingerprint density at radius 1 is 1.06 bits per heavy atom. The molecule has 2 aromatic heterocycles. The van der Waals surface area contributed by atoms with E-state index < -0.39 is 42.0 Å². The van der Waals surface area contributed by atoms with Crippen LogP contribution in [0.5, 0.6) is 6.01 Å². The first-order valence-electron chi connectivity index (χ1n) is 16.2. The summed E-state index contributed by atoms with van der Waals surface area (Å²) < 4.78 is 80.7. The Balaban J connectivity index is 1.26. The quantitative estimate of drug-likeness (QED) is 0.228. The third-order valence-corrected chi connectivity index (χ3v) is 11.3. The molecule has 2 unspecified atom stereocenters. The van der Waals surface area contributed by atoms with Crippen molar-refractivity contribution in [3.63, 3.8) is 0 Å². The van der Waals surface area contributed by atoms with Gasteiger partial charge in [-0.05, 0) is 37.0 Å². The maximum atomic E-state index is 17.1. The third-order valence-electron chi connectivity index (χ3n) is 10.3. The van der Waals surface area contributed by atoms with Crippen molar-refractivity contribution in [2.45, 2.75) is 56.3 Å². The fourth-order valence-electron chi connectivity index (χ4n) is 8.25. The molecule has 2 bridgehead atoms. The molecule has 0 radical (unpaired) electrons. The zero-order valence-corrected chi connectivity index (χ0v) is 27.0. The molecule has 15 heteroatoms. The monoisotopic (exact) mass is 694 g/mol. The van der Waals surface area contributed by atoms with Crippen molar-refractivity contribution < 1.29 is 26.7 Å². The molecule has 1 saturated carbocycles. The van der Waals surface area contributed by atoms with Gasteiger partial charge < -0.3 is 20.7 Å². The van der Waals surface area contributed by atoms with Gasteiger partial charge in [0, 0.05) is 79.4 Å². The molecule has 3 atom stereocenters. The van der Waals surface area contributed by atoms with E-state index in [-0.39, 0.29) is 86.0 Å². The Kier molecular flexibility index (Phi) is 7.59. The summed E-state index contributed by atoms with van der Waals surface area (Å²) in [7, 11) is 0. The number of nitrogens with two attached hydrogens (primary N) is 1. The summed E-state index contributed by atoms with van der Waals surface area (Å²) in [5, 5.41) is 24.1. The molecule has 2 aromatic carbocycles. The van der Waals surface area contributed by atoms with E-state index in [0.717, 1.165) is 30.2 Å². The number of alkyl halides is 3. The number of thiophene rings is 1. The number of nitrogens with zero attached hydrogens (tertiary/aromatic N) is 6. The Labute approximate surface area is 282 Å². The minimum atomic E-state index is -2.88. The van der Waals surface area contributed by atoms with Gasteiger partial charge in [-0.2, -0.15) is 20.5 Å². The van der Waals surface area contributed by atoms with Crippen LogP contribution in [0, 0.1) is 39.7 Å². The van der Waals surface area contributed by atoms with Crippen LogP contribution < -0.4 is 20.7 Å². The number of halogens is 5. The van der Waals surface area contributed by atoms with Crippen LogP contribution in [0.1, 0.15) is 43.2 Å². The lowest BCUT2D eigenvalue weighted by molar-refractivity contribution is -0.179. The highest BCUT2D eigenvalue weighted by Crippen LogP contribution is 2.53. The molecule has 3 aliphatic heterocycles. The van der Waals surface area contributed by atoms with Crippen molar-refractivity contribution >= 4 is 43.1 Å². The average molecular weight is 695 g/mol. The molecule has 4 fully saturated rings. The standard InChI is InChI=1S/C34H31F5N8OS/c35-18-5-6-46(10-18)15-33(13-34(38,39)14-33)16-48-32-44-28-22(31(45-32)47-11-19-1-2-20(12-47)43-19)7-17(8-40)25(27(28)37)21-3-4-24(36)29-26(21)23(9-41)30(42)49-29/h3-4,7,18-20,43H,1-2,5-6,10-16,42H2/t18-,19?,20?/m1/s1. The highest BCUT2D eigenvalue weighted by Gasteiger charge is 2.58. The van der Waals surface area contributed by atoms with Crippen molar-refractivity contribution in [2.75, 3.05) is 50.0 Å². The molecular formula is C34H31F5N8OS. The normalized spacial score (nSPS) is 24.2. The number of nitrogen functional groups attached to an aromatic ring is 1. The predicted molar refractivity (Wildman–Crippen MR) is 174 cm³/mol. The molecule has 1 aliphatic carbocycles. The number of nitrogens with one attached hydrogen (secondary N) is 1. The highest BCUT2D eigenvalue weighted by molar-refractivity contribution is 7.23. The second kappa shape index (κ2) is 11.6. The van der Waals surface area contributed by atoms with Crippen molar-refractivity contribution in [2.24, 2.45) is 5.41 Å². The van der Waals surface area contributed by atoms with E-state index >= 15 is 4.39 Å². The molecule has 4 aliphatic rings. The topological polar surface area (TPSA) is 127 Å². The number of rotatable bonds is 7. The third kappa shape index (κ3) is 5.48. The summed E-state index contributed by atoms with van der Waals surface area (Å²) in [4.78, 5) is 13.0. The first-order chi connectivity index (χ1) is 23.5. The lowest BCUT2D eigenvalue weighted by Gasteiger charge is -2.48. The molecule has 3 saturated heterocycles. The molecule has 5 heterocycles. The van der Waals surface area contributed by atoms with Crippen LogP contribution in [0.15, 0.2) is 18.2 Å². The number of fused-ring (bicyclic) bond motifs is 4. The zero-order valence-electron chi connectivity index (χ0n) is 26.2. The number of nitriles is 2. The first kappa shape index (κ1) is 31.9. The van der Waals surface area contributed by atoms with E-state index in [4.69, 9.17) is 15.5 Å². The maximum Gasteiger partial charge on any atom is 0.319 e. The smallest absolute Gasteiger partial charge is 0.319 e. The zero-order chi connectivity index (χ0) is 34.2. The summed E-state index contributed by atoms with van der Waals surface area (Å²) >= 11 is 0.858. The average Bonchev–Trinajstić information content (AvgIpc) is 3.74. The molecule has 4 aromatic rings. The van der Waals surface area contributed by atoms with Gasteiger partial charge in [0.1, 0.15) is 34.4 Å². The lowest BCUT2D eigenvalue weighted by atomic mass is 9.66. The summed E-state index contributed by atoms with van der Waals surface area (Å²) in [6.07, 6.45) is 0.362. The number of ether oxygens (including phenoxy) is 1. The number of benzene rings is 2. The number of aromatic nitrogens is 2. The highest BCUT2D eigenvalue weighted by atomic mass is 32.1. The summed E-state index contributed by atoms with van der Waals surface area (Å²) in [6.45, 7) is 1.79. The number of likely N-dealkylation sites (tertiary alicyclic amines) is 1. The molecule has 49 heavy (non-hydrogen) atoms. The van der Waals surface area contributed by atoms with Gasteiger partial charge in [-0.3, -0.25) is 4.90 Å². The number of hydrogen-bond donors (Lipinski definition) is 2. The molecule has 3 N–H and O–H groups in total. The van der Waals surface area contributed by atoms with Gasteiger partial charge in [0.15, 0.2) is 5.82 Å². The predicted octanol–water partition coefficient (Wildman–Crippen LogP) is 5.89. The first-order valence-corrected chi connectivity index (χ1v) is 17.0. The van der Waals surface area contributed by atoms with Crippen molar-refractivity contribution in [3.05, 3.63) is 41.0 Å². The van der Waals surface area contributed by atoms with Gasteiger partial charge in [0.25, 0.3) is 0 Å². The minimum Gasteiger partial charge on any atom is -0.463 e. The van der Waals surface area contributed by atoms with Crippen LogP contribution in [-0.2, 0) is 0 Å². The van der Waals surface area contributed by atoms with Gasteiger partial charge in [0.05, 0.1) is 28.5 Å². The van der Waals surface area contributed by atoms with Crippen molar-refractivity contribution in [1.29, 1.82) is 10.5 Å². The summed E-state index contributed by atoms with van der Waals surface area (Å²) in [5.41, 5.74) is 4.72. The molecular weight excluding hydrogens is 663 g/mol. The van der Waals surface area contributed by atoms with Crippen LogP contribution in [0.25, 0.3) is 32.1 Å². The summed E-state index contributed by atoms with van der Waals surface area (Å²) in [5.74, 6) is -4.08. The second-order valence-electron chi connectivity index (χ2n) is 13.9.